The Balaban J connectivity index is 2.05. The molecule has 0 spiro atoms. The first-order chi connectivity index (χ1) is 11.1. The fourth-order valence-electron chi connectivity index (χ4n) is 2.50. The van der Waals surface area contributed by atoms with Crippen LogP contribution in [-0.4, -0.2) is 44.3 Å². The lowest BCUT2D eigenvalue weighted by Gasteiger charge is -2.12. The minimum atomic E-state index is -0.473. The molecule has 23 heavy (non-hydrogen) atoms. The number of benzene rings is 1. The number of hydrogen-bond donors (Lipinski definition) is 1. The highest BCUT2D eigenvalue weighted by atomic mass is 16.6. The quantitative estimate of drug-likeness (QED) is 0.602. The molecular formula is C15H20N2O6. The van der Waals surface area contributed by atoms with Crippen molar-refractivity contribution in [2.75, 3.05) is 27.4 Å². The second-order valence-electron chi connectivity index (χ2n) is 5.14. The number of nitro benzene ring substituents is 1. The summed E-state index contributed by atoms with van der Waals surface area (Å²) >= 11 is 0. The second kappa shape index (κ2) is 7.77. The summed E-state index contributed by atoms with van der Waals surface area (Å²) in [6.45, 7) is 0.883. The first-order valence-corrected chi connectivity index (χ1v) is 7.35. The third kappa shape index (κ3) is 4.10. The maximum atomic E-state index is 11.9. The van der Waals surface area contributed by atoms with Gasteiger partial charge >= 0.3 is 0 Å². The Morgan fingerprint density at radius 2 is 2.09 bits per heavy atom. The standard InChI is InChI=1S/C15H20N2O6/c1-21-13-8-10(11(17(19)20)9-14(13)22-2)5-6-16-15(18)12-4-3-7-23-12/h8-9,12H,3-7H2,1-2H3,(H,16,18). The van der Waals surface area contributed by atoms with Gasteiger partial charge in [0, 0.05) is 18.7 Å². The highest BCUT2D eigenvalue weighted by molar-refractivity contribution is 5.80. The fourth-order valence-corrected chi connectivity index (χ4v) is 2.50. The van der Waals surface area contributed by atoms with E-state index >= 15 is 0 Å². The second-order valence-corrected chi connectivity index (χ2v) is 5.14. The molecule has 126 valence electrons. The van der Waals surface area contributed by atoms with E-state index in [1.165, 1.54) is 20.3 Å². The Morgan fingerprint density at radius 3 is 2.65 bits per heavy atom. The van der Waals surface area contributed by atoms with Gasteiger partial charge in [-0.25, -0.2) is 0 Å². The number of nitrogens with one attached hydrogen (secondary N) is 1. The molecule has 2 rings (SSSR count). The summed E-state index contributed by atoms with van der Waals surface area (Å²) in [4.78, 5) is 22.6. The number of hydrogen-bond acceptors (Lipinski definition) is 6. The molecule has 1 aromatic rings. The molecule has 0 radical (unpaired) electrons. The number of nitro groups is 1. The smallest absolute Gasteiger partial charge is 0.276 e. The van der Waals surface area contributed by atoms with E-state index < -0.39 is 11.0 Å². The molecule has 1 N–H and O–H groups in total. The van der Waals surface area contributed by atoms with Crippen LogP contribution in [0.25, 0.3) is 0 Å². The van der Waals surface area contributed by atoms with E-state index in [1.807, 2.05) is 0 Å². The van der Waals surface area contributed by atoms with Crippen LogP contribution >= 0.6 is 0 Å². The summed E-state index contributed by atoms with van der Waals surface area (Å²) in [6, 6.07) is 2.89. The van der Waals surface area contributed by atoms with Crippen molar-refractivity contribution in [3.8, 4) is 11.5 Å². The van der Waals surface area contributed by atoms with Gasteiger partial charge in [0.15, 0.2) is 11.5 Å². The number of methoxy groups -OCH3 is 2. The lowest BCUT2D eigenvalue weighted by Crippen LogP contribution is -2.35. The van der Waals surface area contributed by atoms with E-state index in [4.69, 9.17) is 14.2 Å². The monoisotopic (exact) mass is 324 g/mol. The lowest BCUT2D eigenvalue weighted by molar-refractivity contribution is -0.385. The predicted molar refractivity (Wildman–Crippen MR) is 81.9 cm³/mol. The highest BCUT2D eigenvalue weighted by Crippen LogP contribution is 2.34. The number of carbonyl (C=O) groups excluding carboxylic acids is 1. The zero-order valence-corrected chi connectivity index (χ0v) is 13.2. The number of nitrogens with zero attached hydrogens (tertiary/aromatic N) is 1. The Bertz CT molecular complexity index is 584. The molecule has 1 fully saturated rings. The van der Waals surface area contributed by atoms with Crippen LogP contribution in [0.3, 0.4) is 0 Å². The molecule has 0 bridgehead atoms. The number of amides is 1. The number of ether oxygens (including phenoxy) is 3. The van der Waals surface area contributed by atoms with E-state index in [9.17, 15) is 14.9 Å². The lowest BCUT2D eigenvalue weighted by atomic mass is 10.1. The molecule has 1 aromatic carbocycles. The van der Waals surface area contributed by atoms with E-state index in [1.54, 1.807) is 6.07 Å². The summed E-state index contributed by atoms with van der Waals surface area (Å²) in [7, 11) is 2.88. The van der Waals surface area contributed by atoms with E-state index in [0.717, 1.165) is 6.42 Å². The molecule has 0 saturated carbocycles. The van der Waals surface area contributed by atoms with Gasteiger partial charge in [-0.2, -0.15) is 0 Å². The van der Waals surface area contributed by atoms with Crippen molar-refractivity contribution >= 4 is 11.6 Å². The Kier molecular flexibility index (Phi) is 5.75. The van der Waals surface area contributed by atoms with Crippen LogP contribution in [0, 0.1) is 10.1 Å². The van der Waals surface area contributed by atoms with Gasteiger partial charge in [-0.05, 0) is 25.3 Å². The molecule has 1 atom stereocenters. The van der Waals surface area contributed by atoms with Crippen LogP contribution in [0.2, 0.25) is 0 Å². The van der Waals surface area contributed by atoms with Gasteiger partial charge in [0.05, 0.1) is 25.2 Å². The van der Waals surface area contributed by atoms with E-state index in [-0.39, 0.29) is 18.1 Å². The van der Waals surface area contributed by atoms with Crippen LogP contribution < -0.4 is 14.8 Å². The topological polar surface area (TPSA) is 99.9 Å². The van der Waals surface area contributed by atoms with E-state index in [0.29, 0.717) is 36.5 Å². The SMILES string of the molecule is COc1cc(CCNC(=O)C2CCCO2)c([N+](=O)[O-])cc1OC. The van der Waals surface area contributed by atoms with Crippen molar-refractivity contribution in [1.82, 2.24) is 5.32 Å². The summed E-state index contributed by atoms with van der Waals surface area (Å²) in [6.07, 6.45) is 1.49. The normalized spacial score (nSPS) is 16.9. The van der Waals surface area contributed by atoms with Gasteiger partial charge in [0.2, 0.25) is 5.91 Å². The third-order valence-electron chi connectivity index (χ3n) is 3.70. The fraction of sp³-hybridized carbons (Fsp3) is 0.533. The summed E-state index contributed by atoms with van der Waals surface area (Å²) in [5, 5.41) is 13.9. The summed E-state index contributed by atoms with van der Waals surface area (Å²) in [5.41, 5.74) is 0.411. The Hall–Kier alpha value is -2.35. The average molecular weight is 324 g/mol. The van der Waals surface area contributed by atoms with Crippen molar-refractivity contribution in [2.45, 2.75) is 25.4 Å². The molecule has 1 aliphatic heterocycles. The Morgan fingerprint density at radius 1 is 1.39 bits per heavy atom. The molecule has 0 aliphatic carbocycles. The molecule has 1 aliphatic rings. The Labute approximate surface area is 133 Å². The predicted octanol–water partition coefficient (Wildman–Crippen LogP) is 1.45. The largest absolute Gasteiger partial charge is 0.493 e. The molecule has 8 heteroatoms. The minimum absolute atomic E-state index is 0.0611. The van der Waals surface area contributed by atoms with Crippen LogP contribution in [0.4, 0.5) is 5.69 Å². The van der Waals surface area contributed by atoms with Crippen molar-refractivity contribution in [1.29, 1.82) is 0 Å². The van der Waals surface area contributed by atoms with Gasteiger partial charge in [-0.15, -0.1) is 0 Å². The average Bonchev–Trinajstić information content (AvgIpc) is 3.08. The van der Waals surface area contributed by atoms with Crippen LogP contribution in [-0.2, 0) is 16.0 Å². The van der Waals surface area contributed by atoms with Gasteiger partial charge in [-0.3, -0.25) is 14.9 Å². The molecule has 8 nitrogen and oxygen atoms in total. The zero-order valence-electron chi connectivity index (χ0n) is 13.2. The molecular weight excluding hydrogens is 304 g/mol. The van der Waals surface area contributed by atoms with Crippen LogP contribution in [0.15, 0.2) is 12.1 Å². The van der Waals surface area contributed by atoms with Crippen molar-refractivity contribution < 1.29 is 23.9 Å². The summed E-state index contributed by atoms with van der Waals surface area (Å²) < 4.78 is 15.5. The van der Waals surface area contributed by atoms with Gasteiger partial charge in [-0.1, -0.05) is 0 Å². The highest BCUT2D eigenvalue weighted by Gasteiger charge is 2.24. The number of rotatable bonds is 7. The van der Waals surface area contributed by atoms with Crippen molar-refractivity contribution in [3.63, 3.8) is 0 Å². The van der Waals surface area contributed by atoms with Gasteiger partial charge < -0.3 is 19.5 Å². The van der Waals surface area contributed by atoms with Crippen molar-refractivity contribution in [3.05, 3.63) is 27.8 Å². The molecule has 1 saturated heterocycles. The van der Waals surface area contributed by atoms with Crippen LogP contribution in [0.5, 0.6) is 11.5 Å². The molecule has 0 aromatic heterocycles. The molecule has 1 heterocycles. The van der Waals surface area contributed by atoms with Crippen LogP contribution in [0.1, 0.15) is 18.4 Å². The summed E-state index contributed by atoms with van der Waals surface area (Å²) in [5.74, 6) is 0.538. The van der Waals surface area contributed by atoms with Gasteiger partial charge in [0.25, 0.3) is 5.69 Å². The molecule has 1 unspecified atom stereocenters. The maximum absolute atomic E-state index is 11.9. The number of carbonyl (C=O) groups is 1. The first-order valence-electron chi connectivity index (χ1n) is 7.35. The maximum Gasteiger partial charge on any atom is 0.276 e. The van der Waals surface area contributed by atoms with E-state index in [2.05, 4.69) is 5.32 Å². The molecule has 1 amide bonds. The van der Waals surface area contributed by atoms with Crippen molar-refractivity contribution in [2.24, 2.45) is 0 Å². The first kappa shape index (κ1) is 17.0. The van der Waals surface area contributed by atoms with Gasteiger partial charge in [0.1, 0.15) is 6.10 Å². The minimum Gasteiger partial charge on any atom is -0.493 e. The zero-order chi connectivity index (χ0) is 16.8. The third-order valence-corrected chi connectivity index (χ3v) is 3.70.